The van der Waals surface area contributed by atoms with Crippen LogP contribution in [0, 0.1) is 0 Å². The lowest BCUT2D eigenvalue weighted by Gasteiger charge is -2.26. The first-order valence-corrected chi connectivity index (χ1v) is 10.4. The van der Waals surface area contributed by atoms with Crippen molar-refractivity contribution < 1.29 is 17.9 Å². The first kappa shape index (κ1) is 19.3. The van der Waals surface area contributed by atoms with Gasteiger partial charge in [0, 0.05) is 28.8 Å². The number of carbonyl (C=O) groups is 1. The zero-order valence-electron chi connectivity index (χ0n) is 13.6. The summed E-state index contributed by atoms with van der Waals surface area (Å²) in [6.45, 7) is 1.23. The van der Waals surface area contributed by atoms with Crippen LogP contribution in [0.25, 0.3) is 0 Å². The average Bonchev–Trinajstić information content (AvgIpc) is 2.64. The van der Waals surface area contributed by atoms with Gasteiger partial charge < -0.3 is 10.1 Å². The third kappa shape index (κ3) is 4.27. The van der Waals surface area contributed by atoms with Crippen LogP contribution in [0.15, 0.2) is 51.8 Å². The molecule has 1 N–H and O–H groups in total. The van der Waals surface area contributed by atoms with E-state index in [1.807, 2.05) is 6.07 Å². The summed E-state index contributed by atoms with van der Waals surface area (Å²) >= 11 is 9.43. The van der Waals surface area contributed by atoms with Crippen molar-refractivity contribution in [2.45, 2.75) is 4.90 Å². The predicted octanol–water partition coefficient (Wildman–Crippen LogP) is 3.38. The summed E-state index contributed by atoms with van der Waals surface area (Å²) in [5.41, 5.74) is 0.804. The van der Waals surface area contributed by atoms with Gasteiger partial charge in [0.2, 0.25) is 10.0 Å². The SMILES string of the molecule is O=C(Nc1ccc(Cl)c(S(=O)(=O)N2CCOCC2)c1)c1cccc(Br)c1. The van der Waals surface area contributed by atoms with Gasteiger partial charge in [0.05, 0.1) is 18.2 Å². The molecule has 0 bridgehead atoms. The monoisotopic (exact) mass is 458 g/mol. The first-order chi connectivity index (χ1) is 12.4. The Labute approximate surface area is 165 Å². The number of rotatable bonds is 4. The predicted molar refractivity (Wildman–Crippen MR) is 103 cm³/mol. The molecule has 2 aromatic rings. The molecule has 1 amide bonds. The number of anilines is 1. The van der Waals surface area contributed by atoms with Crippen LogP contribution in [0.5, 0.6) is 0 Å². The molecule has 1 aliphatic heterocycles. The molecule has 6 nitrogen and oxygen atoms in total. The maximum atomic E-state index is 12.8. The summed E-state index contributed by atoms with van der Waals surface area (Å²) < 4.78 is 33.0. The van der Waals surface area contributed by atoms with Gasteiger partial charge in [-0.3, -0.25) is 4.79 Å². The Bertz CT molecular complexity index is 930. The standard InChI is InChI=1S/C17H16BrClN2O4S/c18-13-3-1-2-12(10-13)17(22)20-14-4-5-15(19)16(11-14)26(23,24)21-6-8-25-9-7-21/h1-5,10-11H,6-9H2,(H,20,22). The number of halogens is 2. The number of nitrogens with one attached hydrogen (secondary N) is 1. The lowest BCUT2D eigenvalue weighted by molar-refractivity contribution is 0.0730. The maximum absolute atomic E-state index is 12.8. The fourth-order valence-electron chi connectivity index (χ4n) is 2.54. The highest BCUT2D eigenvalue weighted by Gasteiger charge is 2.28. The smallest absolute Gasteiger partial charge is 0.255 e. The van der Waals surface area contributed by atoms with E-state index in [1.54, 1.807) is 24.3 Å². The van der Waals surface area contributed by atoms with E-state index in [2.05, 4.69) is 21.2 Å². The van der Waals surface area contributed by atoms with Crippen LogP contribution < -0.4 is 5.32 Å². The molecule has 1 saturated heterocycles. The zero-order chi connectivity index (χ0) is 18.7. The number of hydrogen-bond acceptors (Lipinski definition) is 4. The summed E-state index contributed by atoms with van der Waals surface area (Å²) in [5.74, 6) is -0.344. The largest absolute Gasteiger partial charge is 0.379 e. The van der Waals surface area contributed by atoms with Gasteiger partial charge in [-0.2, -0.15) is 4.31 Å². The number of morpholine rings is 1. The molecule has 0 atom stereocenters. The second-order valence-electron chi connectivity index (χ2n) is 5.63. The van der Waals surface area contributed by atoms with Crippen LogP contribution in [0.1, 0.15) is 10.4 Å². The quantitative estimate of drug-likeness (QED) is 0.760. The summed E-state index contributed by atoms with van der Waals surface area (Å²) in [6.07, 6.45) is 0. The number of amides is 1. The normalized spacial score (nSPS) is 15.6. The lowest BCUT2D eigenvalue weighted by Crippen LogP contribution is -2.40. The van der Waals surface area contributed by atoms with Crippen LogP contribution >= 0.6 is 27.5 Å². The minimum atomic E-state index is -3.76. The number of nitrogens with zero attached hydrogens (tertiary/aromatic N) is 1. The fraction of sp³-hybridized carbons (Fsp3) is 0.235. The number of sulfonamides is 1. The highest BCUT2D eigenvalue weighted by atomic mass is 79.9. The Morgan fingerprint density at radius 1 is 1.15 bits per heavy atom. The second kappa shape index (κ2) is 8.06. The summed E-state index contributed by atoms with van der Waals surface area (Å²) in [4.78, 5) is 12.3. The summed E-state index contributed by atoms with van der Waals surface area (Å²) in [7, 11) is -3.76. The fourth-order valence-corrected chi connectivity index (χ4v) is 4.85. The van der Waals surface area contributed by atoms with Gasteiger partial charge in [-0.25, -0.2) is 8.42 Å². The van der Waals surface area contributed by atoms with Crippen molar-refractivity contribution in [1.82, 2.24) is 4.31 Å². The third-order valence-corrected chi connectivity index (χ3v) is 6.74. The molecule has 9 heteroatoms. The van der Waals surface area contributed by atoms with Crippen molar-refractivity contribution in [1.29, 1.82) is 0 Å². The van der Waals surface area contributed by atoms with E-state index in [9.17, 15) is 13.2 Å². The minimum absolute atomic E-state index is 0.0342. The molecule has 2 aromatic carbocycles. The molecule has 1 fully saturated rings. The van der Waals surface area contributed by atoms with Crippen LogP contribution in [-0.2, 0) is 14.8 Å². The summed E-state index contributed by atoms with van der Waals surface area (Å²) in [6, 6.07) is 11.3. The van der Waals surface area contributed by atoms with Gasteiger partial charge in [0.15, 0.2) is 0 Å². The molecule has 0 spiro atoms. The van der Waals surface area contributed by atoms with Crippen molar-refractivity contribution in [3.8, 4) is 0 Å². The van der Waals surface area contributed by atoms with E-state index in [1.165, 1.54) is 16.4 Å². The Balaban J connectivity index is 1.86. The van der Waals surface area contributed by atoms with E-state index < -0.39 is 10.0 Å². The van der Waals surface area contributed by atoms with E-state index in [0.29, 0.717) is 24.5 Å². The van der Waals surface area contributed by atoms with Crippen molar-refractivity contribution in [2.24, 2.45) is 0 Å². The van der Waals surface area contributed by atoms with Crippen molar-refractivity contribution >= 4 is 49.1 Å². The summed E-state index contributed by atoms with van der Waals surface area (Å²) in [5, 5.41) is 2.81. The number of benzene rings is 2. The molecule has 3 rings (SSSR count). The van der Waals surface area contributed by atoms with Crippen LogP contribution in [0.2, 0.25) is 5.02 Å². The average molecular weight is 460 g/mol. The molecule has 0 unspecified atom stereocenters. The molecule has 0 aromatic heterocycles. The lowest BCUT2D eigenvalue weighted by atomic mass is 10.2. The molecule has 1 heterocycles. The highest BCUT2D eigenvalue weighted by Crippen LogP contribution is 2.28. The van der Waals surface area contributed by atoms with Crippen molar-refractivity contribution in [3.63, 3.8) is 0 Å². The Hall–Kier alpha value is -1.45. The van der Waals surface area contributed by atoms with Gasteiger partial charge in [0.1, 0.15) is 4.90 Å². The molecule has 1 aliphatic rings. The Kier molecular flexibility index (Phi) is 5.99. The van der Waals surface area contributed by atoms with E-state index in [4.69, 9.17) is 16.3 Å². The van der Waals surface area contributed by atoms with E-state index in [0.717, 1.165) is 4.47 Å². The van der Waals surface area contributed by atoms with Crippen LogP contribution in [0.4, 0.5) is 5.69 Å². The number of hydrogen-bond donors (Lipinski definition) is 1. The van der Waals surface area contributed by atoms with Crippen molar-refractivity contribution in [2.75, 3.05) is 31.6 Å². The molecule has 0 radical (unpaired) electrons. The number of ether oxygens (including phenoxy) is 1. The molecular formula is C17H16BrClN2O4S. The number of carbonyl (C=O) groups excluding carboxylic acids is 1. The minimum Gasteiger partial charge on any atom is -0.379 e. The maximum Gasteiger partial charge on any atom is 0.255 e. The van der Waals surface area contributed by atoms with Gasteiger partial charge in [-0.15, -0.1) is 0 Å². The van der Waals surface area contributed by atoms with Gasteiger partial charge in [-0.05, 0) is 36.4 Å². The van der Waals surface area contributed by atoms with Crippen LogP contribution in [0.3, 0.4) is 0 Å². The van der Waals surface area contributed by atoms with Gasteiger partial charge in [0.25, 0.3) is 5.91 Å². The van der Waals surface area contributed by atoms with Crippen LogP contribution in [-0.4, -0.2) is 44.9 Å². The third-order valence-electron chi connectivity index (χ3n) is 3.86. The van der Waals surface area contributed by atoms with Crippen molar-refractivity contribution in [3.05, 3.63) is 57.5 Å². The second-order valence-corrected chi connectivity index (χ2v) is 8.86. The molecular weight excluding hydrogens is 444 g/mol. The molecule has 26 heavy (non-hydrogen) atoms. The first-order valence-electron chi connectivity index (χ1n) is 7.82. The van der Waals surface area contributed by atoms with Gasteiger partial charge >= 0.3 is 0 Å². The highest BCUT2D eigenvalue weighted by molar-refractivity contribution is 9.10. The van der Waals surface area contributed by atoms with E-state index >= 15 is 0 Å². The molecule has 0 aliphatic carbocycles. The van der Waals surface area contributed by atoms with E-state index in [-0.39, 0.29) is 28.9 Å². The molecule has 138 valence electrons. The topological polar surface area (TPSA) is 75.7 Å². The van der Waals surface area contributed by atoms with Gasteiger partial charge in [-0.1, -0.05) is 33.6 Å². The molecule has 0 saturated carbocycles. The zero-order valence-corrected chi connectivity index (χ0v) is 16.8. The Morgan fingerprint density at radius 3 is 2.58 bits per heavy atom. The Morgan fingerprint density at radius 2 is 1.88 bits per heavy atom.